The molecule has 52 heavy (non-hydrogen) atoms. The largest absolute Gasteiger partial charge is 0.350 e. The molecule has 0 saturated carbocycles. The normalized spacial score (nSPS) is 17.4. The zero-order chi connectivity index (χ0) is 34.8. The monoisotopic (exact) mass is 670 g/mol. The van der Waals surface area contributed by atoms with Crippen molar-refractivity contribution in [1.82, 2.24) is 15.2 Å². The van der Waals surface area contributed by atoms with Gasteiger partial charge >= 0.3 is 0 Å². The second-order valence-corrected chi connectivity index (χ2v) is 14.5. The summed E-state index contributed by atoms with van der Waals surface area (Å²) in [6, 6.07) is 61.2. The molecule has 2 atom stereocenters. The third-order valence-corrected chi connectivity index (χ3v) is 11.1. The number of rotatable bonds is 5. The van der Waals surface area contributed by atoms with E-state index in [-0.39, 0.29) is 17.7 Å². The van der Waals surface area contributed by atoms with E-state index in [1.54, 1.807) is 0 Å². The summed E-state index contributed by atoms with van der Waals surface area (Å²) in [6.07, 6.45) is -0.352. The van der Waals surface area contributed by atoms with Crippen LogP contribution in [0.1, 0.15) is 54.0 Å². The van der Waals surface area contributed by atoms with Crippen molar-refractivity contribution in [2.45, 2.75) is 31.6 Å². The Morgan fingerprint density at radius 2 is 1.23 bits per heavy atom. The summed E-state index contributed by atoms with van der Waals surface area (Å²) < 4.78 is 2.45. The van der Waals surface area contributed by atoms with Gasteiger partial charge in [0.25, 0.3) is 0 Å². The van der Waals surface area contributed by atoms with Crippen molar-refractivity contribution in [1.29, 1.82) is 0 Å². The topological polar surface area (TPSA) is 41.4 Å². The minimum Gasteiger partial charge on any atom is -0.350 e. The van der Waals surface area contributed by atoms with Crippen LogP contribution >= 0.6 is 0 Å². The van der Waals surface area contributed by atoms with E-state index in [0.717, 1.165) is 22.6 Å². The van der Waals surface area contributed by atoms with Gasteiger partial charge in [0.05, 0.1) is 11.0 Å². The number of benzene rings is 7. The average Bonchev–Trinajstić information content (AvgIpc) is 3.67. The minimum atomic E-state index is -0.253. The van der Waals surface area contributed by atoms with E-state index in [0.29, 0.717) is 0 Å². The highest BCUT2D eigenvalue weighted by atomic mass is 15.3. The lowest BCUT2D eigenvalue weighted by atomic mass is 9.82. The van der Waals surface area contributed by atoms with Gasteiger partial charge in [0.15, 0.2) is 0 Å². The summed E-state index contributed by atoms with van der Waals surface area (Å²) >= 11 is 0. The first-order valence-corrected chi connectivity index (χ1v) is 18.1. The molecule has 0 amide bonds. The Morgan fingerprint density at radius 1 is 0.558 bits per heavy atom. The molecule has 4 heteroatoms. The van der Waals surface area contributed by atoms with Crippen LogP contribution in [0, 0.1) is 0 Å². The number of hydrogen-bond donors (Lipinski definition) is 2. The summed E-state index contributed by atoms with van der Waals surface area (Å²) in [5, 5.41) is 10.0. The summed E-state index contributed by atoms with van der Waals surface area (Å²) in [7, 11) is 0. The quantitative estimate of drug-likeness (QED) is 0.191. The van der Waals surface area contributed by atoms with Crippen LogP contribution in [-0.2, 0) is 5.41 Å². The fourth-order valence-corrected chi connectivity index (χ4v) is 8.52. The second kappa shape index (κ2) is 11.9. The highest BCUT2D eigenvalue weighted by Crippen LogP contribution is 2.53. The predicted octanol–water partition coefficient (Wildman–Crippen LogP) is 11.1. The zero-order valence-electron chi connectivity index (χ0n) is 29.2. The van der Waals surface area contributed by atoms with Crippen LogP contribution in [0.3, 0.4) is 0 Å². The van der Waals surface area contributed by atoms with E-state index in [1.807, 2.05) is 6.07 Å². The number of nitrogens with zero attached hydrogens (tertiary/aromatic N) is 2. The van der Waals surface area contributed by atoms with Crippen LogP contribution in [0.2, 0.25) is 0 Å². The second-order valence-electron chi connectivity index (χ2n) is 14.5. The molecule has 0 radical (unpaired) electrons. The van der Waals surface area contributed by atoms with Crippen LogP contribution < -0.4 is 10.6 Å². The van der Waals surface area contributed by atoms with Crippen molar-refractivity contribution in [2.75, 3.05) is 0 Å². The molecule has 2 N–H and O–H groups in total. The molecular formula is C48H38N4. The number of aromatic nitrogens is 1. The van der Waals surface area contributed by atoms with Gasteiger partial charge < -0.3 is 9.88 Å². The molecule has 2 heterocycles. The molecule has 10 rings (SSSR count). The van der Waals surface area contributed by atoms with E-state index in [2.05, 4.69) is 193 Å². The maximum absolute atomic E-state index is 5.26. The first-order chi connectivity index (χ1) is 25.5. The number of hydrogen-bond acceptors (Lipinski definition) is 3. The maximum atomic E-state index is 5.26. The minimum absolute atomic E-state index is 0.0874. The van der Waals surface area contributed by atoms with Gasteiger partial charge in [-0.05, 0) is 74.8 Å². The molecule has 1 aliphatic carbocycles. The van der Waals surface area contributed by atoms with Gasteiger partial charge in [-0.3, -0.25) is 5.32 Å². The molecule has 0 spiro atoms. The van der Waals surface area contributed by atoms with Crippen LogP contribution in [-0.4, -0.2) is 10.4 Å². The molecule has 7 aromatic carbocycles. The Hall–Kier alpha value is -6.23. The number of amidine groups is 1. The van der Waals surface area contributed by atoms with Crippen molar-refractivity contribution < 1.29 is 0 Å². The predicted molar refractivity (Wildman–Crippen MR) is 215 cm³/mol. The Morgan fingerprint density at radius 3 is 2.02 bits per heavy atom. The Labute approximate surface area is 304 Å². The summed E-state index contributed by atoms with van der Waals surface area (Å²) in [4.78, 5) is 5.26. The zero-order valence-corrected chi connectivity index (χ0v) is 29.2. The molecule has 0 bridgehead atoms. The molecule has 0 saturated heterocycles. The van der Waals surface area contributed by atoms with E-state index in [1.165, 1.54) is 60.8 Å². The molecule has 4 nitrogen and oxygen atoms in total. The van der Waals surface area contributed by atoms with Crippen LogP contribution in [0.25, 0.3) is 49.7 Å². The Kier molecular flexibility index (Phi) is 7.02. The van der Waals surface area contributed by atoms with E-state index in [4.69, 9.17) is 4.99 Å². The van der Waals surface area contributed by atoms with Crippen molar-refractivity contribution in [3.8, 4) is 27.9 Å². The fourth-order valence-electron chi connectivity index (χ4n) is 8.52. The van der Waals surface area contributed by atoms with Crippen molar-refractivity contribution in [2.24, 2.45) is 4.99 Å². The lowest BCUT2D eigenvalue weighted by Gasteiger charge is -2.32. The van der Waals surface area contributed by atoms with Crippen molar-refractivity contribution in [3.05, 3.63) is 198 Å². The van der Waals surface area contributed by atoms with Crippen molar-refractivity contribution in [3.63, 3.8) is 0 Å². The third kappa shape index (κ3) is 4.83. The van der Waals surface area contributed by atoms with Crippen molar-refractivity contribution >= 4 is 27.6 Å². The first-order valence-electron chi connectivity index (χ1n) is 18.1. The summed E-state index contributed by atoms with van der Waals surface area (Å²) in [5.74, 6) is 0.880. The highest BCUT2D eigenvalue weighted by Gasteiger charge is 2.37. The molecule has 0 fully saturated rings. The molecule has 8 aromatic rings. The van der Waals surface area contributed by atoms with Gasteiger partial charge in [-0.15, -0.1) is 0 Å². The molecule has 250 valence electrons. The van der Waals surface area contributed by atoms with E-state index < -0.39 is 0 Å². The summed E-state index contributed by atoms with van der Waals surface area (Å²) in [5.41, 5.74) is 14.7. The lowest BCUT2D eigenvalue weighted by Crippen LogP contribution is -2.44. The van der Waals surface area contributed by atoms with Crippen LogP contribution in [0.4, 0.5) is 0 Å². The SMILES string of the molecule is CC1(C)c2ccccc2-c2c1ccc1c2c2cc(-c3ccccc3)ccc2n1-c1cccc(C2N=C(c3ccccc3)NC(c3ccccc3)N2)c1. The third-order valence-electron chi connectivity index (χ3n) is 11.1. The van der Waals surface area contributed by atoms with Crippen LogP contribution in [0.15, 0.2) is 175 Å². The van der Waals surface area contributed by atoms with Gasteiger partial charge in [-0.2, -0.15) is 0 Å². The molecule has 1 aliphatic heterocycles. The smallest absolute Gasteiger partial charge is 0.131 e. The average molecular weight is 671 g/mol. The molecule has 1 aromatic heterocycles. The standard InChI is InChI=1S/C48H38N4/c1-48(2)39-24-13-12-23-37(39)43-40(48)26-28-42-44(43)38-30-34(31-15-6-3-7-16-31)25-27-41(38)52(42)36-22-14-21-35(29-36)47-50-45(32-17-8-4-9-18-32)49-46(51-47)33-19-10-5-11-20-33/h3-30,45,47,50H,1-2H3,(H,49,51). The Bertz CT molecular complexity index is 2650. The van der Waals surface area contributed by atoms with Gasteiger partial charge in [-0.25, -0.2) is 4.99 Å². The Balaban J connectivity index is 1.18. The number of nitrogens with one attached hydrogen (secondary N) is 2. The number of aliphatic imine (C=N–C) groups is 1. The molecular weight excluding hydrogens is 633 g/mol. The van der Waals surface area contributed by atoms with E-state index in [9.17, 15) is 0 Å². The number of fused-ring (bicyclic) bond motifs is 7. The van der Waals surface area contributed by atoms with Gasteiger partial charge in [0, 0.05) is 27.4 Å². The van der Waals surface area contributed by atoms with Crippen LogP contribution in [0.5, 0.6) is 0 Å². The molecule has 2 unspecified atom stereocenters. The van der Waals surface area contributed by atoms with Gasteiger partial charge in [0.1, 0.15) is 18.2 Å². The maximum Gasteiger partial charge on any atom is 0.131 e. The van der Waals surface area contributed by atoms with Gasteiger partial charge in [0.2, 0.25) is 0 Å². The van der Waals surface area contributed by atoms with Gasteiger partial charge in [-0.1, -0.05) is 153 Å². The fraction of sp³-hybridized carbons (Fsp3) is 0.104. The lowest BCUT2D eigenvalue weighted by molar-refractivity contribution is 0.409. The first kappa shape index (κ1) is 30.6. The van der Waals surface area contributed by atoms with E-state index >= 15 is 0 Å². The molecule has 2 aliphatic rings. The summed E-state index contributed by atoms with van der Waals surface area (Å²) in [6.45, 7) is 4.72. The highest BCUT2D eigenvalue weighted by molar-refractivity contribution is 6.18.